The van der Waals surface area contributed by atoms with Crippen LogP contribution in [-0.4, -0.2) is 13.4 Å². The summed E-state index contributed by atoms with van der Waals surface area (Å²) in [4.78, 5) is 3.93. The molecule has 0 atom stereocenters. The summed E-state index contributed by atoms with van der Waals surface area (Å²) in [5, 5.41) is 0.528. The third-order valence-corrected chi connectivity index (χ3v) is 4.00. The molecule has 0 fully saturated rings. The minimum atomic E-state index is -3.39. The van der Waals surface area contributed by atoms with Crippen molar-refractivity contribution in [2.24, 2.45) is 0 Å². The van der Waals surface area contributed by atoms with Gasteiger partial charge in [0.05, 0.1) is 5.75 Å². The van der Waals surface area contributed by atoms with Crippen molar-refractivity contribution in [2.75, 3.05) is 0 Å². The molecule has 1 N–H and O–H groups in total. The lowest BCUT2D eigenvalue weighted by atomic mass is 10.2. The maximum Gasteiger partial charge on any atom is 0.216 e. The molecule has 0 aliphatic carbocycles. The Bertz CT molecular complexity index is 645. The molecule has 19 heavy (non-hydrogen) atoms. The Hall–Kier alpha value is -1.43. The standard InChI is InChI=1S/C13H13ClN2O2S/c14-13-5-1-3-11(7-13)10-19(17,18)16-9-12-4-2-6-15-8-12/h1-8,16H,9-10H2. The smallest absolute Gasteiger partial charge is 0.216 e. The Balaban J connectivity index is 1.99. The van der Waals surface area contributed by atoms with E-state index in [0.717, 1.165) is 5.56 Å². The molecule has 1 aromatic heterocycles. The van der Waals surface area contributed by atoms with Crippen LogP contribution >= 0.6 is 11.6 Å². The summed E-state index contributed by atoms with van der Waals surface area (Å²) in [6.07, 6.45) is 3.27. The van der Waals surface area contributed by atoms with Crippen molar-refractivity contribution >= 4 is 21.6 Å². The fraction of sp³-hybridized carbons (Fsp3) is 0.154. The van der Waals surface area contributed by atoms with Crippen LogP contribution in [0.1, 0.15) is 11.1 Å². The third kappa shape index (κ3) is 4.63. The monoisotopic (exact) mass is 296 g/mol. The number of pyridine rings is 1. The highest BCUT2D eigenvalue weighted by Gasteiger charge is 2.11. The molecular weight excluding hydrogens is 284 g/mol. The summed E-state index contributed by atoms with van der Waals surface area (Å²) >= 11 is 5.82. The summed E-state index contributed by atoms with van der Waals surface area (Å²) in [5.41, 5.74) is 1.48. The number of aromatic nitrogens is 1. The van der Waals surface area contributed by atoms with Crippen LogP contribution in [0.3, 0.4) is 0 Å². The Morgan fingerprint density at radius 2 is 1.95 bits per heavy atom. The number of sulfonamides is 1. The van der Waals surface area contributed by atoms with Crippen molar-refractivity contribution in [1.82, 2.24) is 9.71 Å². The molecule has 2 rings (SSSR count). The number of hydrogen-bond donors (Lipinski definition) is 1. The van der Waals surface area contributed by atoms with Gasteiger partial charge in [-0.05, 0) is 29.3 Å². The van der Waals surface area contributed by atoms with Crippen molar-refractivity contribution < 1.29 is 8.42 Å². The van der Waals surface area contributed by atoms with E-state index in [2.05, 4.69) is 9.71 Å². The maximum atomic E-state index is 11.9. The van der Waals surface area contributed by atoms with Crippen molar-refractivity contribution in [1.29, 1.82) is 0 Å². The fourth-order valence-corrected chi connectivity index (χ4v) is 2.91. The van der Waals surface area contributed by atoms with Crippen LogP contribution in [0.2, 0.25) is 5.02 Å². The molecule has 0 saturated heterocycles. The highest BCUT2D eigenvalue weighted by atomic mass is 35.5. The lowest BCUT2D eigenvalue weighted by molar-refractivity contribution is 0.580. The van der Waals surface area contributed by atoms with Gasteiger partial charge in [-0.1, -0.05) is 29.8 Å². The second-order valence-electron chi connectivity index (χ2n) is 4.07. The van der Waals surface area contributed by atoms with E-state index in [1.165, 1.54) is 0 Å². The van der Waals surface area contributed by atoms with Crippen LogP contribution in [0.5, 0.6) is 0 Å². The summed E-state index contributed by atoms with van der Waals surface area (Å²) in [6.45, 7) is 0.233. The zero-order valence-electron chi connectivity index (χ0n) is 10.1. The minimum Gasteiger partial charge on any atom is -0.264 e. The van der Waals surface area contributed by atoms with Gasteiger partial charge < -0.3 is 0 Å². The Morgan fingerprint density at radius 3 is 2.63 bits per heavy atom. The van der Waals surface area contributed by atoms with E-state index in [-0.39, 0.29) is 12.3 Å². The first-order valence-electron chi connectivity index (χ1n) is 5.66. The number of nitrogens with one attached hydrogen (secondary N) is 1. The van der Waals surface area contributed by atoms with Gasteiger partial charge in [-0.2, -0.15) is 0 Å². The third-order valence-electron chi connectivity index (χ3n) is 2.46. The number of hydrogen-bond acceptors (Lipinski definition) is 3. The van der Waals surface area contributed by atoms with Gasteiger partial charge in [0.25, 0.3) is 0 Å². The average Bonchev–Trinajstić information content (AvgIpc) is 2.37. The van der Waals surface area contributed by atoms with Crippen LogP contribution in [0.4, 0.5) is 0 Å². The highest BCUT2D eigenvalue weighted by Crippen LogP contribution is 2.13. The molecule has 1 heterocycles. The topological polar surface area (TPSA) is 59.1 Å². The number of rotatable bonds is 5. The Labute approximate surface area is 117 Å². The number of nitrogens with zero attached hydrogens (tertiary/aromatic N) is 1. The molecule has 100 valence electrons. The summed E-state index contributed by atoms with van der Waals surface area (Å²) in [5.74, 6) is -0.0895. The minimum absolute atomic E-state index is 0.0895. The zero-order chi connectivity index (χ0) is 13.7. The second-order valence-corrected chi connectivity index (χ2v) is 6.31. The molecule has 6 heteroatoms. The number of benzene rings is 1. The van der Waals surface area contributed by atoms with Crippen LogP contribution in [0.25, 0.3) is 0 Å². The molecule has 0 aliphatic rings. The molecule has 1 aromatic carbocycles. The van der Waals surface area contributed by atoms with Gasteiger partial charge in [0, 0.05) is 24.0 Å². The fourth-order valence-electron chi connectivity index (χ4n) is 1.59. The zero-order valence-corrected chi connectivity index (χ0v) is 11.7. The van der Waals surface area contributed by atoms with Gasteiger partial charge >= 0.3 is 0 Å². The quantitative estimate of drug-likeness (QED) is 0.921. The van der Waals surface area contributed by atoms with Gasteiger partial charge in [0.1, 0.15) is 0 Å². The predicted octanol–water partition coefficient (Wildman–Crippen LogP) is 2.35. The first-order valence-corrected chi connectivity index (χ1v) is 7.69. The maximum absolute atomic E-state index is 11.9. The summed E-state index contributed by atoms with van der Waals surface area (Å²) < 4.78 is 26.4. The van der Waals surface area contributed by atoms with E-state index >= 15 is 0 Å². The van der Waals surface area contributed by atoms with Crippen LogP contribution < -0.4 is 4.72 Å². The SMILES string of the molecule is O=S(=O)(Cc1cccc(Cl)c1)NCc1cccnc1. The van der Waals surface area contributed by atoms with Crippen molar-refractivity contribution in [2.45, 2.75) is 12.3 Å². The molecule has 0 spiro atoms. The van der Waals surface area contributed by atoms with E-state index < -0.39 is 10.0 Å². The summed E-state index contributed by atoms with van der Waals surface area (Å²) in [6, 6.07) is 10.4. The first kappa shape index (κ1) is 14.0. The normalized spacial score (nSPS) is 11.4. The average molecular weight is 297 g/mol. The molecule has 2 aromatic rings. The van der Waals surface area contributed by atoms with Gasteiger partial charge in [-0.15, -0.1) is 0 Å². The van der Waals surface area contributed by atoms with E-state index in [1.807, 2.05) is 6.07 Å². The second kappa shape index (κ2) is 6.14. The van der Waals surface area contributed by atoms with Gasteiger partial charge in [-0.3, -0.25) is 4.98 Å². The Morgan fingerprint density at radius 1 is 1.16 bits per heavy atom. The molecule has 0 amide bonds. The lowest BCUT2D eigenvalue weighted by Gasteiger charge is -2.07. The van der Waals surface area contributed by atoms with Crippen LogP contribution in [0.15, 0.2) is 48.8 Å². The lowest BCUT2D eigenvalue weighted by Crippen LogP contribution is -2.24. The van der Waals surface area contributed by atoms with Gasteiger partial charge in [-0.25, -0.2) is 13.1 Å². The van der Waals surface area contributed by atoms with Crippen molar-refractivity contribution in [3.05, 3.63) is 64.9 Å². The van der Waals surface area contributed by atoms with Crippen LogP contribution in [-0.2, 0) is 22.3 Å². The van der Waals surface area contributed by atoms with E-state index in [0.29, 0.717) is 10.6 Å². The molecule has 0 saturated carbocycles. The Kier molecular flexibility index (Phi) is 4.52. The molecule has 0 aliphatic heterocycles. The predicted molar refractivity (Wildman–Crippen MR) is 75.2 cm³/mol. The van der Waals surface area contributed by atoms with Gasteiger partial charge in [0.2, 0.25) is 10.0 Å². The summed E-state index contributed by atoms with van der Waals surface area (Å²) in [7, 11) is -3.39. The van der Waals surface area contributed by atoms with E-state index in [9.17, 15) is 8.42 Å². The molecule has 4 nitrogen and oxygen atoms in total. The van der Waals surface area contributed by atoms with E-state index in [1.54, 1.807) is 42.7 Å². The van der Waals surface area contributed by atoms with Crippen molar-refractivity contribution in [3.63, 3.8) is 0 Å². The number of halogens is 1. The van der Waals surface area contributed by atoms with Crippen molar-refractivity contribution in [3.8, 4) is 0 Å². The van der Waals surface area contributed by atoms with Crippen LogP contribution in [0, 0.1) is 0 Å². The van der Waals surface area contributed by atoms with Gasteiger partial charge in [0.15, 0.2) is 0 Å². The molecule has 0 bridgehead atoms. The van der Waals surface area contributed by atoms with E-state index in [4.69, 9.17) is 11.6 Å². The first-order chi connectivity index (χ1) is 9.05. The molecule has 0 unspecified atom stereocenters. The highest BCUT2D eigenvalue weighted by molar-refractivity contribution is 7.88. The molecular formula is C13H13ClN2O2S. The molecule has 0 radical (unpaired) electrons. The largest absolute Gasteiger partial charge is 0.264 e.